The van der Waals surface area contributed by atoms with Crippen LogP contribution in [0.15, 0.2) is 34.9 Å². The van der Waals surface area contributed by atoms with Crippen LogP contribution < -0.4 is 0 Å². The molecule has 0 saturated heterocycles. The maximum absolute atomic E-state index is 6.61. The lowest BCUT2D eigenvalue weighted by molar-refractivity contribution is -0.105. The first kappa shape index (κ1) is 26.0. The lowest BCUT2D eigenvalue weighted by atomic mass is 9.44. The molecule has 0 radical (unpaired) electrons. The fourth-order valence-corrected chi connectivity index (χ4v) is 10.7. The number of rotatable bonds is 6. The van der Waals surface area contributed by atoms with E-state index in [9.17, 15) is 0 Å². The van der Waals surface area contributed by atoms with E-state index < -0.39 is 0 Å². The highest BCUT2D eigenvalue weighted by Gasteiger charge is 2.60. The zero-order valence-corrected chi connectivity index (χ0v) is 24.7. The fraction of sp³-hybridized carbons (Fsp3) is 0.714. The molecule has 4 aliphatic carbocycles. The molecule has 3 saturated carbocycles. The molecule has 1 aromatic heterocycles. The van der Waals surface area contributed by atoms with Crippen LogP contribution in [-0.2, 0) is 12.8 Å². The minimum Gasteiger partial charge on any atom is -0.468 e. The normalized spacial score (nSPS) is 37.5. The Morgan fingerprint density at radius 3 is 2.49 bits per heavy atom. The van der Waals surface area contributed by atoms with Gasteiger partial charge in [0.15, 0.2) is 0 Å². The molecule has 2 aromatic rings. The first-order chi connectivity index (χ1) is 17.7. The molecule has 0 unspecified atom stereocenters. The maximum Gasteiger partial charge on any atom is 0.108 e. The van der Waals surface area contributed by atoms with Gasteiger partial charge in [-0.3, -0.25) is 0 Å². The van der Waals surface area contributed by atoms with Crippen LogP contribution in [0.25, 0.3) is 11.1 Å². The zero-order chi connectivity index (χ0) is 25.9. The number of hydrogen-bond donors (Lipinski definition) is 0. The summed E-state index contributed by atoms with van der Waals surface area (Å²) in [6.45, 7) is 12.7. The molecule has 37 heavy (non-hydrogen) atoms. The van der Waals surface area contributed by atoms with Crippen LogP contribution in [-0.4, -0.2) is 0 Å². The highest BCUT2D eigenvalue weighted by Crippen LogP contribution is 2.68. The predicted molar refractivity (Wildman–Crippen MR) is 156 cm³/mol. The van der Waals surface area contributed by atoms with E-state index in [1.165, 1.54) is 81.1 Å². The molecule has 1 aromatic carbocycles. The Kier molecular flexibility index (Phi) is 6.87. The van der Waals surface area contributed by atoms with Gasteiger partial charge < -0.3 is 4.42 Å². The Bertz CT molecular complexity index is 1110. The number of fused-ring (bicyclic) bond motifs is 6. The van der Waals surface area contributed by atoms with Crippen molar-refractivity contribution in [2.75, 3.05) is 0 Å². The lowest BCUT2D eigenvalue weighted by Gasteiger charge is -2.60. The van der Waals surface area contributed by atoms with E-state index in [2.05, 4.69) is 46.8 Å². The highest BCUT2D eigenvalue weighted by molar-refractivity contribution is 6.33. The van der Waals surface area contributed by atoms with Gasteiger partial charge in [0.05, 0.1) is 6.26 Å². The van der Waals surface area contributed by atoms with E-state index in [0.717, 1.165) is 58.4 Å². The Labute approximate surface area is 231 Å². The molecule has 0 spiro atoms. The third-order valence-corrected chi connectivity index (χ3v) is 12.7. The van der Waals surface area contributed by atoms with Crippen LogP contribution >= 0.6 is 11.6 Å². The van der Waals surface area contributed by atoms with Gasteiger partial charge in [-0.2, -0.15) is 0 Å². The summed E-state index contributed by atoms with van der Waals surface area (Å²) in [5.41, 5.74) is 4.79. The van der Waals surface area contributed by atoms with Crippen LogP contribution in [0, 0.1) is 52.3 Å². The van der Waals surface area contributed by atoms with Crippen LogP contribution in [0.2, 0.25) is 5.02 Å². The molecule has 0 bridgehead atoms. The largest absolute Gasteiger partial charge is 0.468 e. The first-order valence-corrected chi connectivity index (χ1v) is 15.9. The van der Waals surface area contributed by atoms with E-state index in [1.807, 2.05) is 18.4 Å². The molecular weight excluding hydrogens is 472 g/mol. The summed E-state index contributed by atoms with van der Waals surface area (Å²) in [4.78, 5) is 0. The van der Waals surface area contributed by atoms with Crippen molar-refractivity contribution in [3.05, 3.63) is 46.9 Å². The maximum atomic E-state index is 6.61. The Morgan fingerprint density at radius 1 is 0.919 bits per heavy atom. The standard InChI is InChI=1S/C35H49ClO/c1-22(2)9-8-10-23(3)29-15-16-30-26-14-13-24-19-27-28(25-11-6-7-12-32(25)36)21-37-33(27)20-35(24,5)31(26)17-18-34(29,30)4/h6-7,11-12,21-24,26,29-31H,8-10,13-20H2,1-5H3/t23-,24+,26+,29-,30+,31-,34+,35-/m0/s1. The molecule has 0 aliphatic heterocycles. The van der Waals surface area contributed by atoms with Crippen molar-refractivity contribution in [3.63, 3.8) is 0 Å². The van der Waals surface area contributed by atoms with Gasteiger partial charge in [0.1, 0.15) is 5.76 Å². The number of halogens is 1. The van der Waals surface area contributed by atoms with Gasteiger partial charge in [0.25, 0.3) is 0 Å². The molecule has 1 nitrogen and oxygen atoms in total. The van der Waals surface area contributed by atoms with Gasteiger partial charge in [-0.15, -0.1) is 0 Å². The lowest BCUT2D eigenvalue weighted by Crippen LogP contribution is -2.54. The minimum absolute atomic E-state index is 0.383. The van der Waals surface area contributed by atoms with Crippen LogP contribution in [0.1, 0.15) is 104 Å². The van der Waals surface area contributed by atoms with Crippen molar-refractivity contribution in [2.45, 2.75) is 105 Å². The molecule has 1 heterocycles. The quantitative estimate of drug-likeness (QED) is 0.369. The summed E-state index contributed by atoms with van der Waals surface area (Å²) >= 11 is 6.61. The van der Waals surface area contributed by atoms with E-state index in [-0.39, 0.29) is 0 Å². The zero-order valence-electron chi connectivity index (χ0n) is 24.0. The number of benzene rings is 1. The SMILES string of the molecule is CC(C)CCC[C@H](C)[C@@H]1CC[C@@H]2[C@H]3CC[C@@H]4Cc5c(-c6ccccc6Cl)coc5C[C@]4(C)[C@H]3CC[C@@]21C. The topological polar surface area (TPSA) is 13.1 Å². The summed E-state index contributed by atoms with van der Waals surface area (Å²) in [5.74, 6) is 7.43. The Balaban J connectivity index is 1.22. The second-order valence-electron chi connectivity index (χ2n) is 14.6. The van der Waals surface area contributed by atoms with Crippen molar-refractivity contribution < 1.29 is 4.42 Å². The van der Waals surface area contributed by atoms with Gasteiger partial charge in [0, 0.05) is 28.1 Å². The highest BCUT2D eigenvalue weighted by atomic mass is 35.5. The molecule has 3 fully saturated rings. The van der Waals surface area contributed by atoms with Crippen molar-refractivity contribution in [1.29, 1.82) is 0 Å². The predicted octanol–water partition coefficient (Wildman–Crippen LogP) is 10.6. The van der Waals surface area contributed by atoms with E-state index in [4.69, 9.17) is 16.0 Å². The van der Waals surface area contributed by atoms with Crippen molar-refractivity contribution in [1.82, 2.24) is 0 Å². The van der Waals surface area contributed by atoms with Crippen LogP contribution in [0.5, 0.6) is 0 Å². The van der Waals surface area contributed by atoms with E-state index >= 15 is 0 Å². The van der Waals surface area contributed by atoms with Crippen molar-refractivity contribution >= 4 is 11.6 Å². The van der Waals surface area contributed by atoms with Crippen molar-refractivity contribution in [2.24, 2.45) is 52.3 Å². The number of hydrogen-bond acceptors (Lipinski definition) is 1. The van der Waals surface area contributed by atoms with Gasteiger partial charge in [0.2, 0.25) is 0 Å². The second-order valence-corrected chi connectivity index (χ2v) is 15.0. The van der Waals surface area contributed by atoms with E-state index in [1.54, 1.807) is 0 Å². The Morgan fingerprint density at radius 2 is 1.70 bits per heavy atom. The summed E-state index contributed by atoms with van der Waals surface area (Å²) < 4.78 is 6.34. The molecule has 6 rings (SSSR count). The van der Waals surface area contributed by atoms with Gasteiger partial charge in [-0.05, 0) is 103 Å². The summed E-state index contributed by atoms with van der Waals surface area (Å²) in [6, 6.07) is 8.28. The molecule has 2 heteroatoms. The average Bonchev–Trinajstić information content (AvgIpc) is 3.42. The van der Waals surface area contributed by atoms with Crippen LogP contribution in [0.4, 0.5) is 0 Å². The smallest absolute Gasteiger partial charge is 0.108 e. The monoisotopic (exact) mass is 520 g/mol. The third kappa shape index (κ3) is 4.25. The fourth-order valence-electron chi connectivity index (χ4n) is 10.5. The van der Waals surface area contributed by atoms with Gasteiger partial charge in [-0.25, -0.2) is 0 Å². The molecule has 0 amide bonds. The number of furan rings is 1. The van der Waals surface area contributed by atoms with E-state index in [0.29, 0.717) is 10.8 Å². The Hall–Kier alpha value is -1.21. The summed E-state index contributed by atoms with van der Waals surface area (Å²) in [5, 5.41) is 0.837. The summed E-state index contributed by atoms with van der Waals surface area (Å²) in [6.07, 6.45) is 17.3. The minimum atomic E-state index is 0.383. The van der Waals surface area contributed by atoms with Crippen LogP contribution in [0.3, 0.4) is 0 Å². The third-order valence-electron chi connectivity index (χ3n) is 12.4. The van der Waals surface area contributed by atoms with Gasteiger partial charge in [-0.1, -0.05) is 83.7 Å². The summed E-state index contributed by atoms with van der Waals surface area (Å²) in [7, 11) is 0. The molecule has 4 aliphatic rings. The molecule has 0 N–H and O–H groups in total. The average molecular weight is 521 g/mol. The molecule has 202 valence electrons. The first-order valence-electron chi connectivity index (χ1n) is 15.6. The van der Waals surface area contributed by atoms with Crippen molar-refractivity contribution in [3.8, 4) is 11.1 Å². The second kappa shape index (κ2) is 9.76. The van der Waals surface area contributed by atoms with Gasteiger partial charge >= 0.3 is 0 Å². The molecule has 8 atom stereocenters. The molecular formula is C35H49ClO.